The normalized spacial score (nSPS) is 16.6. The number of carbonyl (C=O) groups is 1. The summed E-state index contributed by atoms with van der Waals surface area (Å²) in [4.78, 5) is 17.8. The van der Waals surface area contributed by atoms with Crippen molar-refractivity contribution >= 4 is 28.8 Å². The molecule has 0 fully saturated rings. The van der Waals surface area contributed by atoms with E-state index >= 15 is 0 Å². The van der Waals surface area contributed by atoms with Gasteiger partial charge in [0.05, 0.1) is 16.6 Å². The molecule has 0 aromatic carbocycles. The van der Waals surface area contributed by atoms with Crippen LogP contribution >= 0.6 is 22.9 Å². The fourth-order valence-corrected chi connectivity index (χ4v) is 4.32. The summed E-state index contributed by atoms with van der Waals surface area (Å²) in [5.41, 5.74) is 1.37. The van der Waals surface area contributed by atoms with E-state index in [9.17, 15) is 4.79 Å². The maximum Gasteiger partial charge on any atom is 0.273 e. The van der Waals surface area contributed by atoms with E-state index in [0.717, 1.165) is 29.2 Å². The maximum atomic E-state index is 12.5. The molecule has 3 aromatic heterocycles. The van der Waals surface area contributed by atoms with Crippen molar-refractivity contribution in [3.8, 4) is 0 Å². The molecule has 1 atom stereocenters. The molecule has 10 heteroatoms. The van der Waals surface area contributed by atoms with Crippen LogP contribution in [0.1, 0.15) is 51.5 Å². The Kier molecular flexibility index (Phi) is 4.26. The van der Waals surface area contributed by atoms with Crippen LogP contribution < -0.4 is 5.32 Å². The number of aryl methyl sites for hydroxylation is 2. The number of carbonyl (C=O) groups excluding carboxylic acids is 1. The predicted octanol–water partition coefficient (Wildman–Crippen LogP) is 2.54. The third-order valence-corrected chi connectivity index (χ3v) is 5.37. The Hall–Kier alpha value is -2.26. The molecule has 4 rings (SSSR count). The van der Waals surface area contributed by atoms with Crippen LogP contribution in [0.15, 0.2) is 16.8 Å². The molecule has 3 aromatic rings. The summed E-state index contributed by atoms with van der Waals surface area (Å²) < 4.78 is 7.18. The topological polar surface area (TPSA) is 98.7 Å². The zero-order valence-corrected chi connectivity index (χ0v) is 15.0. The minimum Gasteiger partial charge on any atom is -0.344 e. The first-order valence-electron chi connectivity index (χ1n) is 7.87. The van der Waals surface area contributed by atoms with Gasteiger partial charge in [0, 0.05) is 11.8 Å². The Morgan fingerprint density at radius 1 is 1.56 bits per heavy atom. The number of fused-ring (bicyclic) bond motifs is 1. The molecule has 25 heavy (non-hydrogen) atoms. The molecule has 0 saturated heterocycles. The van der Waals surface area contributed by atoms with E-state index in [4.69, 9.17) is 16.1 Å². The lowest BCUT2D eigenvalue weighted by molar-refractivity contribution is 0.0927. The Bertz CT molecular complexity index is 917. The lowest BCUT2D eigenvalue weighted by Crippen LogP contribution is -2.30. The molecular formula is C15H15ClN6O2S. The Balaban J connectivity index is 1.45. The summed E-state index contributed by atoms with van der Waals surface area (Å²) in [7, 11) is 0. The number of aromatic nitrogens is 5. The number of nitrogens with zero attached hydrogens (tertiary/aromatic N) is 5. The Morgan fingerprint density at radius 3 is 3.24 bits per heavy atom. The van der Waals surface area contributed by atoms with Crippen molar-refractivity contribution < 1.29 is 9.32 Å². The van der Waals surface area contributed by atoms with Crippen molar-refractivity contribution in [2.45, 2.75) is 38.8 Å². The number of hydrogen-bond donors (Lipinski definition) is 1. The van der Waals surface area contributed by atoms with Gasteiger partial charge in [-0.1, -0.05) is 22.0 Å². The van der Waals surface area contributed by atoms with Gasteiger partial charge in [0.1, 0.15) is 6.54 Å². The van der Waals surface area contributed by atoms with E-state index in [1.54, 1.807) is 24.5 Å². The van der Waals surface area contributed by atoms with Crippen LogP contribution in [0, 0.1) is 6.92 Å². The monoisotopic (exact) mass is 378 g/mol. The lowest BCUT2D eigenvalue weighted by Gasteiger charge is -2.23. The first kappa shape index (κ1) is 16.2. The minimum absolute atomic E-state index is 0.0370. The third kappa shape index (κ3) is 3.42. The number of halogens is 1. The second kappa shape index (κ2) is 6.57. The van der Waals surface area contributed by atoms with Gasteiger partial charge < -0.3 is 9.84 Å². The van der Waals surface area contributed by atoms with Gasteiger partial charge in [0.25, 0.3) is 5.91 Å². The van der Waals surface area contributed by atoms with E-state index in [2.05, 4.69) is 25.8 Å². The van der Waals surface area contributed by atoms with Gasteiger partial charge in [0.2, 0.25) is 5.89 Å². The quantitative estimate of drug-likeness (QED) is 0.749. The van der Waals surface area contributed by atoms with Crippen LogP contribution in [-0.2, 0) is 13.0 Å². The number of rotatable bonds is 4. The van der Waals surface area contributed by atoms with Gasteiger partial charge in [0.15, 0.2) is 11.5 Å². The lowest BCUT2D eigenvalue weighted by atomic mass is 9.94. The van der Waals surface area contributed by atoms with Gasteiger partial charge in [-0.05, 0) is 30.9 Å². The van der Waals surface area contributed by atoms with Gasteiger partial charge in [-0.25, -0.2) is 4.68 Å². The molecule has 0 saturated carbocycles. The van der Waals surface area contributed by atoms with Crippen molar-refractivity contribution in [1.82, 2.24) is 30.5 Å². The molecule has 130 valence electrons. The molecule has 1 amide bonds. The zero-order valence-electron chi connectivity index (χ0n) is 13.4. The highest BCUT2D eigenvalue weighted by Crippen LogP contribution is 2.37. The molecule has 3 heterocycles. The molecule has 0 bridgehead atoms. The van der Waals surface area contributed by atoms with Crippen LogP contribution in [0.5, 0.6) is 0 Å². The van der Waals surface area contributed by atoms with E-state index in [1.807, 2.05) is 6.07 Å². The molecular weight excluding hydrogens is 364 g/mol. The standard InChI is InChI=1S/C15H15ClN6O2S/c1-8-17-14(20-24-8)7-22-6-11(19-21-22)15(23)18-10-3-2-4-12-9(10)5-13(16)25-12/h5-6,10H,2-4,7H2,1H3,(H,18,23)/t10-/m1/s1. The Labute approximate surface area is 152 Å². The van der Waals surface area contributed by atoms with Gasteiger partial charge in [-0.15, -0.1) is 16.4 Å². The number of nitrogens with one attached hydrogen (secondary N) is 1. The van der Waals surface area contributed by atoms with Crippen LogP contribution in [0.3, 0.4) is 0 Å². The SMILES string of the molecule is Cc1nc(Cn2cc(C(=O)N[C@@H]3CCCc4sc(Cl)cc43)nn2)no1. The molecule has 0 unspecified atom stereocenters. The highest BCUT2D eigenvalue weighted by atomic mass is 35.5. The molecule has 0 spiro atoms. The van der Waals surface area contributed by atoms with E-state index in [0.29, 0.717) is 18.3 Å². The van der Waals surface area contributed by atoms with Crippen molar-refractivity contribution in [2.24, 2.45) is 0 Å². The van der Waals surface area contributed by atoms with Crippen molar-refractivity contribution in [2.75, 3.05) is 0 Å². The fraction of sp³-hybridized carbons (Fsp3) is 0.400. The van der Waals surface area contributed by atoms with E-state index in [-0.39, 0.29) is 17.6 Å². The first-order valence-corrected chi connectivity index (χ1v) is 9.06. The largest absolute Gasteiger partial charge is 0.344 e. The van der Waals surface area contributed by atoms with Crippen LogP contribution in [-0.4, -0.2) is 31.0 Å². The van der Waals surface area contributed by atoms with Gasteiger partial charge in [-0.3, -0.25) is 4.79 Å². The van der Waals surface area contributed by atoms with Crippen molar-refractivity contribution in [1.29, 1.82) is 0 Å². The van der Waals surface area contributed by atoms with E-state index in [1.165, 1.54) is 9.56 Å². The predicted molar refractivity (Wildman–Crippen MR) is 90.6 cm³/mol. The van der Waals surface area contributed by atoms with Crippen molar-refractivity contribution in [3.63, 3.8) is 0 Å². The third-order valence-electron chi connectivity index (χ3n) is 4.03. The minimum atomic E-state index is -0.254. The Morgan fingerprint density at radius 2 is 2.44 bits per heavy atom. The van der Waals surface area contributed by atoms with Gasteiger partial charge in [-0.2, -0.15) is 4.98 Å². The van der Waals surface area contributed by atoms with Crippen LogP contribution in [0.25, 0.3) is 0 Å². The molecule has 1 aliphatic rings. The average molecular weight is 379 g/mol. The average Bonchev–Trinajstić information content (AvgIpc) is 3.28. The number of amides is 1. The zero-order chi connectivity index (χ0) is 17.4. The first-order chi connectivity index (χ1) is 12.1. The van der Waals surface area contributed by atoms with Crippen LogP contribution in [0.2, 0.25) is 4.34 Å². The van der Waals surface area contributed by atoms with E-state index < -0.39 is 0 Å². The van der Waals surface area contributed by atoms with Crippen LogP contribution in [0.4, 0.5) is 0 Å². The summed E-state index contributed by atoms with van der Waals surface area (Å²) >= 11 is 7.70. The highest BCUT2D eigenvalue weighted by Gasteiger charge is 2.25. The second-order valence-electron chi connectivity index (χ2n) is 5.88. The molecule has 8 nitrogen and oxygen atoms in total. The summed E-state index contributed by atoms with van der Waals surface area (Å²) in [5.74, 6) is 0.713. The number of thiophene rings is 1. The van der Waals surface area contributed by atoms with Gasteiger partial charge >= 0.3 is 0 Å². The number of hydrogen-bond acceptors (Lipinski definition) is 7. The molecule has 1 aliphatic carbocycles. The molecule has 1 N–H and O–H groups in total. The highest BCUT2D eigenvalue weighted by molar-refractivity contribution is 7.16. The summed E-state index contributed by atoms with van der Waals surface area (Å²) in [6.45, 7) is 2.01. The second-order valence-corrected chi connectivity index (χ2v) is 7.65. The summed E-state index contributed by atoms with van der Waals surface area (Å²) in [6.07, 6.45) is 4.51. The summed E-state index contributed by atoms with van der Waals surface area (Å²) in [5, 5.41) is 14.7. The van der Waals surface area contributed by atoms with Crippen molar-refractivity contribution in [3.05, 3.63) is 44.4 Å². The fourth-order valence-electron chi connectivity index (χ4n) is 2.93. The molecule has 0 aliphatic heterocycles. The summed E-state index contributed by atoms with van der Waals surface area (Å²) in [6, 6.07) is 1.91. The smallest absolute Gasteiger partial charge is 0.273 e. The molecule has 0 radical (unpaired) electrons. The maximum absolute atomic E-state index is 12.5.